The third-order valence-electron chi connectivity index (χ3n) is 3.66. The van der Waals surface area contributed by atoms with Crippen molar-refractivity contribution in [3.8, 4) is 0 Å². The van der Waals surface area contributed by atoms with E-state index >= 15 is 0 Å². The van der Waals surface area contributed by atoms with Crippen LogP contribution in [-0.2, 0) is 0 Å². The fourth-order valence-electron chi connectivity index (χ4n) is 2.52. The Morgan fingerprint density at radius 2 is 2.06 bits per heavy atom. The monoisotopic (exact) mass is 243 g/mol. The summed E-state index contributed by atoms with van der Waals surface area (Å²) in [5.74, 6) is 2.20. The molecule has 1 aliphatic rings. The summed E-state index contributed by atoms with van der Waals surface area (Å²) in [5.41, 5.74) is 0. The predicted molar refractivity (Wildman–Crippen MR) is 76.3 cm³/mol. The molecule has 1 N–H and O–H groups in total. The van der Waals surface area contributed by atoms with Crippen molar-refractivity contribution in [2.45, 2.75) is 70.6 Å². The van der Waals surface area contributed by atoms with Gasteiger partial charge in [0.2, 0.25) is 0 Å². The van der Waals surface area contributed by atoms with Crippen molar-refractivity contribution in [2.75, 3.05) is 12.3 Å². The van der Waals surface area contributed by atoms with Crippen LogP contribution in [0.1, 0.15) is 59.8 Å². The number of hydrogen-bond donors (Lipinski definition) is 1. The van der Waals surface area contributed by atoms with Crippen LogP contribution in [0.3, 0.4) is 0 Å². The van der Waals surface area contributed by atoms with E-state index in [1.165, 1.54) is 44.4 Å². The Labute approximate surface area is 106 Å². The van der Waals surface area contributed by atoms with Crippen molar-refractivity contribution in [3.63, 3.8) is 0 Å². The molecule has 2 atom stereocenters. The maximum absolute atomic E-state index is 3.79. The van der Waals surface area contributed by atoms with Gasteiger partial charge in [0.05, 0.1) is 0 Å². The van der Waals surface area contributed by atoms with Gasteiger partial charge in [-0.05, 0) is 57.2 Å². The largest absolute Gasteiger partial charge is 0.313 e. The molecule has 0 amide bonds. The molecule has 1 heterocycles. The first-order valence-electron chi connectivity index (χ1n) is 6.96. The normalized spacial score (nSPS) is 27.6. The molecule has 0 radical (unpaired) electrons. The second-order valence-electron chi connectivity index (χ2n) is 5.74. The lowest BCUT2D eigenvalue weighted by molar-refractivity contribution is 0.355. The molecule has 0 aromatic carbocycles. The molecule has 2 unspecified atom stereocenters. The summed E-state index contributed by atoms with van der Waals surface area (Å²) in [4.78, 5) is 0. The molecule has 1 nitrogen and oxygen atoms in total. The number of nitrogens with one attached hydrogen (secondary N) is 1. The van der Waals surface area contributed by atoms with Crippen LogP contribution >= 0.6 is 11.8 Å². The van der Waals surface area contributed by atoms with Gasteiger partial charge in [-0.2, -0.15) is 11.8 Å². The fourth-order valence-corrected chi connectivity index (χ4v) is 3.96. The Kier molecular flexibility index (Phi) is 6.20. The first kappa shape index (κ1) is 14.4. The molecule has 1 saturated heterocycles. The molecular weight excluding hydrogens is 214 g/mol. The molecule has 16 heavy (non-hydrogen) atoms. The molecule has 0 aromatic heterocycles. The number of hydrogen-bond acceptors (Lipinski definition) is 2. The van der Waals surface area contributed by atoms with Crippen LogP contribution in [0.15, 0.2) is 0 Å². The molecule has 0 bridgehead atoms. The first-order valence-corrected chi connectivity index (χ1v) is 7.94. The van der Waals surface area contributed by atoms with E-state index in [9.17, 15) is 0 Å². The van der Waals surface area contributed by atoms with Crippen molar-refractivity contribution in [1.29, 1.82) is 0 Å². The van der Waals surface area contributed by atoms with Crippen molar-refractivity contribution in [1.82, 2.24) is 5.32 Å². The van der Waals surface area contributed by atoms with E-state index in [1.807, 2.05) is 0 Å². The van der Waals surface area contributed by atoms with Crippen molar-refractivity contribution >= 4 is 11.8 Å². The standard InChI is InChI=1S/C14H29NS/c1-5-10-15-13(8-7-12(2)3)14(4)9-6-11-16-14/h12-13,15H,5-11H2,1-4H3. The van der Waals surface area contributed by atoms with Crippen LogP contribution in [0.2, 0.25) is 0 Å². The zero-order valence-corrected chi connectivity index (χ0v) is 12.3. The highest BCUT2D eigenvalue weighted by Crippen LogP contribution is 2.41. The lowest BCUT2D eigenvalue weighted by Crippen LogP contribution is -2.45. The Morgan fingerprint density at radius 1 is 1.31 bits per heavy atom. The summed E-state index contributed by atoms with van der Waals surface area (Å²) < 4.78 is 0.504. The molecule has 2 heteroatoms. The maximum atomic E-state index is 3.79. The van der Waals surface area contributed by atoms with Crippen LogP contribution < -0.4 is 5.32 Å². The fraction of sp³-hybridized carbons (Fsp3) is 1.00. The van der Waals surface area contributed by atoms with E-state index in [4.69, 9.17) is 0 Å². The van der Waals surface area contributed by atoms with Crippen molar-refractivity contribution in [2.24, 2.45) is 5.92 Å². The van der Waals surface area contributed by atoms with Gasteiger partial charge < -0.3 is 5.32 Å². The number of rotatable bonds is 7. The summed E-state index contributed by atoms with van der Waals surface area (Å²) >= 11 is 2.19. The van der Waals surface area contributed by atoms with Gasteiger partial charge in [0.25, 0.3) is 0 Å². The van der Waals surface area contributed by atoms with Crippen molar-refractivity contribution in [3.05, 3.63) is 0 Å². The van der Waals surface area contributed by atoms with Crippen LogP contribution in [0, 0.1) is 5.92 Å². The minimum absolute atomic E-state index is 0.504. The third kappa shape index (κ3) is 4.29. The van der Waals surface area contributed by atoms with Crippen molar-refractivity contribution < 1.29 is 0 Å². The zero-order valence-electron chi connectivity index (χ0n) is 11.5. The Morgan fingerprint density at radius 3 is 2.56 bits per heavy atom. The predicted octanol–water partition coefficient (Wildman–Crippen LogP) is 4.08. The highest BCUT2D eigenvalue weighted by Gasteiger charge is 2.37. The quantitative estimate of drug-likeness (QED) is 0.723. The van der Waals surface area contributed by atoms with Gasteiger partial charge in [-0.3, -0.25) is 0 Å². The highest BCUT2D eigenvalue weighted by molar-refractivity contribution is 8.00. The van der Waals surface area contributed by atoms with Crippen LogP contribution in [-0.4, -0.2) is 23.1 Å². The molecule has 0 saturated carbocycles. The minimum Gasteiger partial charge on any atom is -0.313 e. The maximum Gasteiger partial charge on any atom is 0.0285 e. The summed E-state index contributed by atoms with van der Waals surface area (Å²) in [6, 6.07) is 0.724. The van der Waals surface area contributed by atoms with Gasteiger partial charge >= 0.3 is 0 Å². The molecular formula is C14H29NS. The third-order valence-corrected chi connectivity index (χ3v) is 5.30. The highest BCUT2D eigenvalue weighted by atomic mass is 32.2. The van der Waals surface area contributed by atoms with Crippen LogP contribution in [0.5, 0.6) is 0 Å². The summed E-state index contributed by atoms with van der Waals surface area (Å²) in [6.45, 7) is 10.6. The molecule has 0 spiro atoms. The molecule has 1 fully saturated rings. The average Bonchev–Trinajstić information content (AvgIpc) is 2.65. The molecule has 1 rings (SSSR count). The Balaban J connectivity index is 2.48. The Hall–Kier alpha value is 0.310. The smallest absolute Gasteiger partial charge is 0.0285 e. The van der Waals surface area contributed by atoms with Gasteiger partial charge in [-0.1, -0.05) is 20.8 Å². The molecule has 0 aliphatic carbocycles. The zero-order chi connectivity index (χ0) is 12.0. The van der Waals surface area contributed by atoms with E-state index in [0.29, 0.717) is 4.75 Å². The first-order chi connectivity index (χ1) is 7.58. The number of thioether (sulfide) groups is 1. The summed E-state index contributed by atoms with van der Waals surface area (Å²) in [5, 5.41) is 3.79. The summed E-state index contributed by atoms with van der Waals surface area (Å²) in [7, 11) is 0. The second-order valence-corrected chi connectivity index (χ2v) is 7.37. The van der Waals surface area contributed by atoms with E-state index in [-0.39, 0.29) is 0 Å². The summed E-state index contributed by atoms with van der Waals surface area (Å²) in [6.07, 6.45) is 6.77. The second kappa shape index (κ2) is 6.90. The SMILES string of the molecule is CCCNC(CCC(C)C)C1(C)CCCS1. The van der Waals surface area contributed by atoms with Gasteiger partial charge in [-0.25, -0.2) is 0 Å². The topological polar surface area (TPSA) is 12.0 Å². The van der Waals surface area contributed by atoms with Gasteiger partial charge in [0.15, 0.2) is 0 Å². The van der Waals surface area contributed by atoms with Crippen LogP contribution in [0.25, 0.3) is 0 Å². The minimum atomic E-state index is 0.504. The van der Waals surface area contributed by atoms with Crippen LogP contribution in [0.4, 0.5) is 0 Å². The van der Waals surface area contributed by atoms with E-state index in [1.54, 1.807) is 0 Å². The average molecular weight is 243 g/mol. The van der Waals surface area contributed by atoms with Gasteiger partial charge in [0.1, 0.15) is 0 Å². The lowest BCUT2D eigenvalue weighted by Gasteiger charge is -2.34. The van der Waals surface area contributed by atoms with E-state index in [2.05, 4.69) is 44.8 Å². The van der Waals surface area contributed by atoms with E-state index < -0.39 is 0 Å². The van der Waals surface area contributed by atoms with Gasteiger partial charge in [0, 0.05) is 10.8 Å². The van der Waals surface area contributed by atoms with Gasteiger partial charge in [-0.15, -0.1) is 0 Å². The Bertz CT molecular complexity index is 185. The molecule has 96 valence electrons. The lowest BCUT2D eigenvalue weighted by atomic mass is 9.90. The van der Waals surface area contributed by atoms with E-state index in [0.717, 1.165) is 12.0 Å². The molecule has 1 aliphatic heterocycles. The molecule has 0 aromatic rings.